The number of hydrogen-bond donors (Lipinski definition) is 1. The summed E-state index contributed by atoms with van der Waals surface area (Å²) in [6.07, 6.45) is 0. The van der Waals surface area contributed by atoms with Crippen LogP contribution in [0.4, 0.5) is 16.2 Å². The molecular weight excluding hydrogens is 250 g/mol. The summed E-state index contributed by atoms with van der Waals surface area (Å²) in [5.41, 5.74) is 0.0472. The molecule has 0 bridgehead atoms. The van der Waals surface area contributed by atoms with Crippen LogP contribution in [0.15, 0.2) is 24.3 Å². The molecule has 2 rings (SSSR count). The van der Waals surface area contributed by atoms with E-state index in [0.717, 1.165) is 4.90 Å². The first kappa shape index (κ1) is 13.0. The summed E-state index contributed by atoms with van der Waals surface area (Å²) in [6, 6.07) is 4.31. The molecule has 1 aromatic carbocycles. The Morgan fingerprint density at radius 2 is 2.05 bits per heavy atom. The van der Waals surface area contributed by atoms with Crippen LogP contribution in [-0.2, 0) is 4.79 Å². The number of imide groups is 1. The molecule has 1 aromatic rings. The fourth-order valence-corrected chi connectivity index (χ4v) is 1.94. The molecule has 7 nitrogen and oxygen atoms in total. The number of carbonyl (C=O) groups excluding carboxylic acids is 2. The van der Waals surface area contributed by atoms with Crippen molar-refractivity contribution in [1.82, 2.24) is 5.32 Å². The number of nitro groups is 1. The molecular formula is C12H13N3O4. The van der Waals surface area contributed by atoms with Crippen LogP contribution >= 0.6 is 0 Å². The Bertz CT molecular complexity index is 556. The Balaban J connectivity index is 2.36. The SMILES string of the molecule is CC(C)C1NC(=O)N(c2cccc([N+](=O)[O-])c2)C1=O. The van der Waals surface area contributed by atoms with Crippen molar-refractivity contribution in [3.63, 3.8) is 0 Å². The van der Waals surface area contributed by atoms with E-state index in [2.05, 4.69) is 5.32 Å². The van der Waals surface area contributed by atoms with Gasteiger partial charge in [0.25, 0.3) is 11.6 Å². The lowest BCUT2D eigenvalue weighted by Crippen LogP contribution is -2.34. The van der Waals surface area contributed by atoms with E-state index in [1.807, 2.05) is 13.8 Å². The third kappa shape index (κ3) is 2.26. The highest BCUT2D eigenvalue weighted by Gasteiger charge is 2.40. The molecule has 1 aliphatic heterocycles. The van der Waals surface area contributed by atoms with Crippen molar-refractivity contribution in [2.45, 2.75) is 19.9 Å². The Morgan fingerprint density at radius 3 is 2.58 bits per heavy atom. The second-order valence-electron chi connectivity index (χ2n) is 4.62. The fraction of sp³-hybridized carbons (Fsp3) is 0.333. The number of hydrogen-bond acceptors (Lipinski definition) is 4. The van der Waals surface area contributed by atoms with Crippen molar-refractivity contribution in [1.29, 1.82) is 0 Å². The van der Waals surface area contributed by atoms with E-state index in [1.165, 1.54) is 24.3 Å². The third-order valence-electron chi connectivity index (χ3n) is 2.93. The minimum absolute atomic E-state index is 0.0415. The largest absolute Gasteiger partial charge is 0.329 e. The van der Waals surface area contributed by atoms with Gasteiger partial charge in [0.2, 0.25) is 0 Å². The second-order valence-corrected chi connectivity index (χ2v) is 4.62. The summed E-state index contributed by atoms with van der Waals surface area (Å²) in [4.78, 5) is 35.0. The molecule has 1 atom stereocenters. The lowest BCUT2D eigenvalue weighted by atomic mass is 10.0. The van der Waals surface area contributed by atoms with Gasteiger partial charge in [-0.3, -0.25) is 14.9 Å². The van der Waals surface area contributed by atoms with E-state index in [1.54, 1.807) is 0 Å². The zero-order valence-corrected chi connectivity index (χ0v) is 10.5. The van der Waals surface area contributed by atoms with E-state index < -0.39 is 17.0 Å². The average molecular weight is 263 g/mol. The number of urea groups is 1. The average Bonchev–Trinajstić information content (AvgIpc) is 2.65. The van der Waals surface area contributed by atoms with E-state index in [9.17, 15) is 19.7 Å². The highest BCUT2D eigenvalue weighted by molar-refractivity contribution is 6.21. The molecule has 100 valence electrons. The number of anilines is 1. The van der Waals surface area contributed by atoms with Crippen LogP contribution in [0.2, 0.25) is 0 Å². The first-order valence-electron chi connectivity index (χ1n) is 5.80. The first-order chi connectivity index (χ1) is 8.91. The molecule has 1 heterocycles. The van der Waals surface area contributed by atoms with Gasteiger partial charge in [-0.2, -0.15) is 0 Å². The van der Waals surface area contributed by atoms with Crippen molar-refractivity contribution >= 4 is 23.3 Å². The molecule has 0 spiro atoms. The maximum absolute atomic E-state index is 12.1. The van der Waals surface area contributed by atoms with Gasteiger partial charge in [0.1, 0.15) is 6.04 Å². The number of nitro benzene ring substituents is 1. The zero-order valence-electron chi connectivity index (χ0n) is 10.5. The number of carbonyl (C=O) groups is 2. The normalized spacial score (nSPS) is 18.9. The molecule has 0 radical (unpaired) electrons. The Labute approximate surface area is 109 Å². The van der Waals surface area contributed by atoms with Gasteiger partial charge < -0.3 is 5.32 Å². The van der Waals surface area contributed by atoms with Crippen LogP contribution in [0.3, 0.4) is 0 Å². The molecule has 3 amide bonds. The van der Waals surface area contributed by atoms with Gasteiger partial charge in [-0.1, -0.05) is 19.9 Å². The molecule has 0 saturated carbocycles. The number of benzene rings is 1. The lowest BCUT2D eigenvalue weighted by Gasteiger charge is -2.14. The van der Waals surface area contributed by atoms with E-state index in [4.69, 9.17) is 0 Å². The van der Waals surface area contributed by atoms with Crippen molar-refractivity contribution in [3.8, 4) is 0 Å². The molecule has 1 fully saturated rings. The number of nitrogens with one attached hydrogen (secondary N) is 1. The summed E-state index contributed by atoms with van der Waals surface area (Å²) >= 11 is 0. The van der Waals surface area contributed by atoms with Crippen molar-refractivity contribution in [3.05, 3.63) is 34.4 Å². The highest BCUT2D eigenvalue weighted by Crippen LogP contribution is 2.25. The maximum atomic E-state index is 12.1. The minimum atomic E-state index is -0.591. The van der Waals surface area contributed by atoms with Crippen molar-refractivity contribution in [2.75, 3.05) is 4.90 Å². The Morgan fingerprint density at radius 1 is 1.37 bits per heavy atom. The summed E-state index contributed by atoms with van der Waals surface area (Å²) in [5, 5.41) is 13.3. The van der Waals surface area contributed by atoms with Gasteiger partial charge in [0.15, 0.2) is 0 Å². The second kappa shape index (κ2) is 4.68. The molecule has 7 heteroatoms. The number of rotatable bonds is 3. The lowest BCUT2D eigenvalue weighted by molar-refractivity contribution is -0.384. The van der Waals surface area contributed by atoms with Crippen LogP contribution in [-0.4, -0.2) is 22.9 Å². The summed E-state index contributed by atoms with van der Waals surface area (Å²) in [5.74, 6) is -0.430. The molecule has 1 unspecified atom stereocenters. The monoisotopic (exact) mass is 263 g/mol. The first-order valence-corrected chi connectivity index (χ1v) is 5.80. The summed E-state index contributed by atoms with van der Waals surface area (Å²) < 4.78 is 0. The number of nitrogens with zero attached hydrogens (tertiary/aromatic N) is 2. The summed E-state index contributed by atoms with van der Waals surface area (Å²) in [7, 11) is 0. The van der Waals surface area contributed by atoms with E-state index in [-0.39, 0.29) is 23.2 Å². The van der Waals surface area contributed by atoms with Gasteiger partial charge >= 0.3 is 6.03 Å². The fourth-order valence-electron chi connectivity index (χ4n) is 1.94. The minimum Gasteiger partial charge on any atom is -0.325 e. The standard InChI is InChI=1S/C12H13N3O4/c1-7(2)10-11(16)14(12(17)13-10)8-4-3-5-9(6-8)15(18)19/h3-7,10H,1-2H3,(H,13,17). The molecule has 1 aliphatic rings. The van der Waals surface area contributed by atoms with Crippen molar-refractivity contribution in [2.24, 2.45) is 5.92 Å². The molecule has 19 heavy (non-hydrogen) atoms. The highest BCUT2D eigenvalue weighted by atomic mass is 16.6. The van der Waals surface area contributed by atoms with Gasteiger partial charge in [-0.05, 0) is 12.0 Å². The maximum Gasteiger partial charge on any atom is 0.329 e. The molecule has 1 saturated heterocycles. The van der Waals surface area contributed by atoms with Crippen LogP contribution in [0.1, 0.15) is 13.8 Å². The van der Waals surface area contributed by atoms with Crippen LogP contribution < -0.4 is 10.2 Å². The predicted octanol–water partition coefficient (Wildman–Crippen LogP) is 1.68. The number of amides is 3. The van der Waals surface area contributed by atoms with Gasteiger partial charge in [-0.15, -0.1) is 0 Å². The van der Waals surface area contributed by atoms with Gasteiger partial charge in [-0.25, -0.2) is 9.69 Å². The Kier molecular flexibility index (Phi) is 3.20. The predicted molar refractivity (Wildman–Crippen MR) is 67.7 cm³/mol. The Hall–Kier alpha value is -2.44. The van der Waals surface area contributed by atoms with Gasteiger partial charge in [0.05, 0.1) is 10.6 Å². The quantitative estimate of drug-likeness (QED) is 0.510. The molecule has 1 N–H and O–H groups in total. The third-order valence-corrected chi connectivity index (χ3v) is 2.93. The van der Waals surface area contributed by atoms with Gasteiger partial charge in [0, 0.05) is 12.1 Å². The number of non-ortho nitro benzene ring substituents is 1. The van der Waals surface area contributed by atoms with Crippen LogP contribution in [0.5, 0.6) is 0 Å². The molecule has 0 aliphatic carbocycles. The van der Waals surface area contributed by atoms with Crippen LogP contribution in [0, 0.1) is 16.0 Å². The smallest absolute Gasteiger partial charge is 0.325 e. The zero-order chi connectivity index (χ0) is 14.2. The van der Waals surface area contributed by atoms with E-state index >= 15 is 0 Å². The topological polar surface area (TPSA) is 92.6 Å². The summed E-state index contributed by atoms with van der Waals surface area (Å²) in [6.45, 7) is 3.64. The van der Waals surface area contributed by atoms with E-state index in [0.29, 0.717) is 0 Å². The van der Waals surface area contributed by atoms with Crippen LogP contribution in [0.25, 0.3) is 0 Å². The molecule has 0 aromatic heterocycles. The van der Waals surface area contributed by atoms with Crippen molar-refractivity contribution < 1.29 is 14.5 Å².